The van der Waals surface area contributed by atoms with Gasteiger partial charge in [0.25, 0.3) is 0 Å². The average molecular weight is 193 g/mol. The van der Waals surface area contributed by atoms with E-state index in [1.165, 1.54) is 0 Å². The van der Waals surface area contributed by atoms with Gasteiger partial charge in [0.15, 0.2) is 0 Å². The molecule has 0 aromatic heterocycles. The molecule has 1 saturated heterocycles. The van der Waals surface area contributed by atoms with Crippen molar-refractivity contribution in [2.24, 2.45) is 0 Å². The summed E-state index contributed by atoms with van der Waals surface area (Å²) >= 11 is 0. The van der Waals surface area contributed by atoms with Crippen molar-refractivity contribution >= 4 is 0 Å². The van der Waals surface area contributed by atoms with Crippen LogP contribution in [0.2, 0.25) is 0 Å². The number of aliphatic hydroxyl groups excluding tert-OH is 4. The summed E-state index contributed by atoms with van der Waals surface area (Å²) < 4.78 is 0. The predicted molar refractivity (Wildman–Crippen MR) is 42.9 cm³/mol. The van der Waals surface area contributed by atoms with Crippen molar-refractivity contribution in [2.75, 3.05) is 19.8 Å². The van der Waals surface area contributed by atoms with E-state index < -0.39 is 37.1 Å². The lowest BCUT2D eigenvalue weighted by atomic mass is 9.83. The third kappa shape index (κ3) is 1.69. The molecule has 0 unspecified atom stereocenters. The molecule has 1 heterocycles. The Labute approximate surface area is 75.4 Å². The highest BCUT2D eigenvalue weighted by Crippen LogP contribution is 2.22. The van der Waals surface area contributed by atoms with Crippen molar-refractivity contribution in [1.29, 1.82) is 0 Å². The number of aliphatic hydroxyl groups is 5. The first-order valence-electron chi connectivity index (χ1n) is 4.10. The van der Waals surface area contributed by atoms with E-state index in [9.17, 15) is 15.3 Å². The monoisotopic (exact) mass is 193 g/mol. The third-order valence-electron chi connectivity index (χ3n) is 2.49. The fraction of sp³-hybridized carbons (Fsp3) is 1.00. The molecule has 0 saturated carbocycles. The molecule has 0 radical (unpaired) electrons. The number of hydrogen-bond acceptors (Lipinski definition) is 6. The van der Waals surface area contributed by atoms with Crippen LogP contribution in [-0.2, 0) is 0 Å². The first-order valence-corrected chi connectivity index (χ1v) is 4.10. The lowest BCUT2D eigenvalue weighted by molar-refractivity contribution is -0.185. The molecule has 1 aliphatic heterocycles. The molecule has 78 valence electrons. The maximum absolute atomic E-state index is 9.70. The zero-order valence-electron chi connectivity index (χ0n) is 7.09. The maximum Gasteiger partial charge on any atom is 0.133 e. The molecule has 0 aromatic rings. The molecule has 1 aliphatic rings. The van der Waals surface area contributed by atoms with Crippen LogP contribution < -0.4 is 5.32 Å². The summed E-state index contributed by atoms with van der Waals surface area (Å²) in [7, 11) is 0. The first-order chi connectivity index (χ1) is 6.06. The molecule has 0 amide bonds. The van der Waals surface area contributed by atoms with Gasteiger partial charge in [0, 0.05) is 6.54 Å². The molecular weight excluding hydrogens is 178 g/mol. The average Bonchev–Trinajstić information content (AvgIpc) is 2.15. The number of hydrogen-bond donors (Lipinski definition) is 6. The molecule has 1 fully saturated rings. The van der Waals surface area contributed by atoms with Crippen LogP contribution in [0, 0.1) is 0 Å². The smallest absolute Gasteiger partial charge is 0.133 e. The second kappa shape index (κ2) is 3.87. The zero-order chi connectivity index (χ0) is 10.1. The Hall–Kier alpha value is -0.240. The molecule has 0 aliphatic carbocycles. The van der Waals surface area contributed by atoms with E-state index in [4.69, 9.17) is 10.2 Å². The molecule has 13 heavy (non-hydrogen) atoms. The van der Waals surface area contributed by atoms with Crippen LogP contribution in [0.25, 0.3) is 0 Å². The van der Waals surface area contributed by atoms with Crippen molar-refractivity contribution in [3.8, 4) is 0 Å². The minimum Gasteiger partial charge on any atom is -0.395 e. The largest absolute Gasteiger partial charge is 0.395 e. The van der Waals surface area contributed by atoms with Gasteiger partial charge in [-0.1, -0.05) is 0 Å². The van der Waals surface area contributed by atoms with Gasteiger partial charge >= 0.3 is 0 Å². The molecule has 4 atom stereocenters. The lowest BCUT2D eigenvalue weighted by Gasteiger charge is -2.44. The SMILES string of the molecule is OC[C@H]1NC[C@H](O)[C@H](O)[C@@]1(O)CO. The van der Waals surface area contributed by atoms with Crippen LogP contribution >= 0.6 is 0 Å². The van der Waals surface area contributed by atoms with Crippen LogP contribution in [0.15, 0.2) is 0 Å². The normalized spacial score (nSPS) is 46.4. The highest BCUT2D eigenvalue weighted by molar-refractivity contribution is 5.04. The molecule has 0 aromatic carbocycles. The van der Waals surface area contributed by atoms with E-state index in [1.54, 1.807) is 0 Å². The Morgan fingerprint density at radius 3 is 2.38 bits per heavy atom. The molecule has 6 nitrogen and oxygen atoms in total. The Kier molecular flexibility index (Phi) is 3.23. The summed E-state index contributed by atoms with van der Waals surface area (Å²) in [6.07, 6.45) is -2.59. The minimum atomic E-state index is -1.88. The van der Waals surface area contributed by atoms with Gasteiger partial charge in [-0.2, -0.15) is 0 Å². The highest BCUT2D eigenvalue weighted by atomic mass is 16.4. The van der Waals surface area contributed by atoms with E-state index >= 15 is 0 Å². The van der Waals surface area contributed by atoms with Crippen molar-refractivity contribution < 1.29 is 25.5 Å². The minimum absolute atomic E-state index is 0.0781. The van der Waals surface area contributed by atoms with Crippen LogP contribution in [0.4, 0.5) is 0 Å². The van der Waals surface area contributed by atoms with E-state index in [0.717, 1.165) is 0 Å². The van der Waals surface area contributed by atoms with Crippen LogP contribution in [0.5, 0.6) is 0 Å². The van der Waals surface area contributed by atoms with E-state index in [1.807, 2.05) is 0 Å². The molecule has 0 spiro atoms. The fourth-order valence-electron chi connectivity index (χ4n) is 1.52. The summed E-state index contributed by atoms with van der Waals surface area (Å²) in [5.74, 6) is 0. The van der Waals surface area contributed by atoms with Crippen molar-refractivity contribution in [2.45, 2.75) is 23.9 Å². The molecular formula is C7H15NO5. The Morgan fingerprint density at radius 2 is 1.92 bits per heavy atom. The van der Waals surface area contributed by atoms with Gasteiger partial charge in [0.05, 0.1) is 25.4 Å². The predicted octanol–water partition coefficient (Wildman–Crippen LogP) is -3.60. The Balaban J connectivity index is 2.80. The van der Waals surface area contributed by atoms with Gasteiger partial charge in [0.2, 0.25) is 0 Å². The highest BCUT2D eigenvalue weighted by Gasteiger charge is 2.49. The van der Waals surface area contributed by atoms with Crippen molar-refractivity contribution in [3.05, 3.63) is 0 Å². The van der Waals surface area contributed by atoms with Gasteiger partial charge in [-0.05, 0) is 0 Å². The molecule has 6 heteroatoms. The van der Waals surface area contributed by atoms with Gasteiger partial charge in [-0.3, -0.25) is 0 Å². The van der Waals surface area contributed by atoms with Crippen LogP contribution in [-0.4, -0.2) is 69.1 Å². The van der Waals surface area contributed by atoms with Gasteiger partial charge in [-0.25, -0.2) is 0 Å². The van der Waals surface area contributed by atoms with E-state index in [-0.39, 0.29) is 6.54 Å². The zero-order valence-corrected chi connectivity index (χ0v) is 7.09. The second-order valence-corrected chi connectivity index (χ2v) is 3.30. The van der Waals surface area contributed by atoms with Crippen molar-refractivity contribution in [3.63, 3.8) is 0 Å². The summed E-state index contributed by atoms with van der Waals surface area (Å²) in [5, 5.41) is 48.6. The first kappa shape index (κ1) is 10.8. The summed E-state index contributed by atoms with van der Waals surface area (Å²) in [6, 6.07) is -0.823. The second-order valence-electron chi connectivity index (χ2n) is 3.30. The van der Waals surface area contributed by atoms with Crippen LogP contribution in [0.1, 0.15) is 0 Å². The molecule has 1 rings (SSSR count). The van der Waals surface area contributed by atoms with Gasteiger partial charge in [0.1, 0.15) is 11.7 Å². The maximum atomic E-state index is 9.70. The van der Waals surface area contributed by atoms with Gasteiger partial charge in [-0.15, -0.1) is 0 Å². The lowest BCUT2D eigenvalue weighted by Crippen LogP contribution is -2.70. The van der Waals surface area contributed by atoms with Crippen LogP contribution in [0.3, 0.4) is 0 Å². The summed E-state index contributed by atoms with van der Waals surface area (Å²) in [4.78, 5) is 0. The van der Waals surface area contributed by atoms with Crippen molar-refractivity contribution in [1.82, 2.24) is 5.32 Å². The number of β-amino-alcohol motifs (C(OH)–C–C–N with tert-alkyl or cyclic N) is 1. The molecule has 0 bridgehead atoms. The summed E-state index contributed by atoms with van der Waals surface area (Å²) in [6.45, 7) is -1.06. The van der Waals surface area contributed by atoms with E-state index in [0.29, 0.717) is 0 Å². The Bertz CT molecular complexity index is 174. The number of nitrogens with one attached hydrogen (secondary N) is 1. The quantitative estimate of drug-likeness (QED) is 0.270. The standard InChI is InChI=1S/C7H15NO5/c9-2-5-7(13,3-10)6(12)4(11)1-8-5/h4-6,8-13H,1-3H2/t4-,5+,6-,7+/m0/s1. The topological polar surface area (TPSA) is 113 Å². The van der Waals surface area contributed by atoms with E-state index in [2.05, 4.69) is 5.32 Å². The Morgan fingerprint density at radius 1 is 1.31 bits per heavy atom. The number of rotatable bonds is 2. The fourth-order valence-corrected chi connectivity index (χ4v) is 1.52. The van der Waals surface area contributed by atoms with Gasteiger partial charge < -0.3 is 30.8 Å². The third-order valence-corrected chi connectivity index (χ3v) is 2.49. The number of piperidine rings is 1. The summed E-state index contributed by atoms with van der Waals surface area (Å²) in [5.41, 5.74) is -1.88. The molecule has 6 N–H and O–H groups in total.